The third-order valence-corrected chi connectivity index (χ3v) is 3.53. The Kier molecular flexibility index (Phi) is 4.59. The molecule has 0 saturated carbocycles. The van der Waals surface area contributed by atoms with Crippen LogP contribution in [0, 0.1) is 11.7 Å². The zero-order chi connectivity index (χ0) is 15.4. The van der Waals surface area contributed by atoms with Crippen LogP contribution in [0.1, 0.15) is 18.9 Å². The number of ether oxygens (including phenoxy) is 3. The van der Waals surface area contributed by atoms with E-state index in [1.807, 2.05) is 30.3 Å². The van der Waals surface area contributed by atoms with Gasteiger partial charge in [0.15, 0.2) is 6.29 Å². The quantitative estimate of drug-likeness (QED) is 0.830. The van der Waals surface area contributed by atoms with E-state index in [4.69, 9.17) is 14.2 Å². The minimum Gasteiger partial charge on any atom is -0.489 e. The van der Waals surface area contributed by atoms with Gasteiger partial charge in [0.05, 0.1) is 6.61 Å². The summed E-state index contributed by atoms with van der Waals surface area (Å²) in [4.78, 5) is 0. The van der Waals surface area contributed by atoms with Gasteiger partial charge in [-0.05, 0) is 35.7 Å². The fourth-order valence-electron chi connectivity index (χ4n) is 2.40. The second kappa shape index (κ2) is 6.79. The fourth-order valence-corrected chi connectivity index (χ4v) is 2.40. The average molecular weight is 302 g/mol. The smallest absolute Gasteiger partial charge is 0.200 e. The van der Waals surface area contributed by atoms with Crippen molar-refractivity contribution in [2.45, 2.75) is 26.2 Å². The number of hydrogen-bond donors (Lipinski definition) is 0. The summed E-state index contributed by atoms with van der Waals surface area (Å²) in [5, 5.41) is 0. The monoisotopic (exact) mass is 302 g/mol. The van der Waals surface area contributed by atoms with Gasteiger partial charge in [-0.3, -0.25) is 0 Å². The van der Waals surface area contributed by atoms with Crippen molar-refractivity contribution in [2.75, 3.05) is 6.61 Å². The molecule has 0 aromatic heterocycles. The van der Waals surface area contributed by atoms with Crippen LogP contribution < -0.4 is 9.47 Å². The highest BCUT2D eigenvalue weighted by Crippen LogP contribution is 2.26. The third kappa shape index (κ3) is 3.98. The van der Waals surface area contributed by atoms with Crippen LogP contribution >= 0.6 is 0 Å². The van der Waals surface area contributed by atoms with Crippen LogP contribution in [-0.2, 0) is 11.3 Å². The zero-order valence-electron chi connectivity index (χ0n) is 12.5. The van der Waals surface area contributed by atoms with E-state index < -0.39 is 0 Å². The number of hydrogen-bond acceptors (Lipinski definition) is 3. The van der Waals surface area contributed by atoms with Gasteiger partial charge in [-0.15, -0.1) is 0 Å². The lowest BCUT2D eigenvalue weighted by Gasteiger charge is -2.14. The maximum atomic E-state index is 13.1. The Bertz CT molecular complexity index is 629. The molecule has 0 N–H and O–H groups in total. The molecule has 1 saturated heterocycles. The summed E-state index contributed by atoms with van der Waals surface area (Å²) in [6, 6.07) is 13.8. The fraction of sp³-hybridized carbons (Fsp3) is 0.333. The van der Waals surface area contributed by atoms with E-state index >= 15 is 0 Å². The number of halogens is 1. The normalized spacial score (nSPS) is 20.8. The molecule has 1 unspecified atom stereocenters. The molecule has 1 fully saturated rings. The lowest BCUT2D eigenvalue weighted by atomic mass is 10.1. The van der Waals surface area contributed by atoms with Crippen molar-refractivity contribution < 1.29 is 18.6 Å². The molecule has 2 aromatic rings. The average Bonchev–Trinajstić information content (AvgIpc) is 2.91. The maximum absolute atomic E-state index is 13.1. The summed E-state index contributed by atoms with van der Waals surface area (Å²) in [7, 11) is 0. The Morgan fingerprint density at radius 1 is 1.14 bits per heavy atom. The minimum absolute atomic E-state index is 0.187. The van der Waals surface area contributed by atoms with Crippen molar-refractivity contribution >= 4 is 0 Å². The van der Waals surface area contributed by atoms with E-state index in [0.717, 1.165) is 24.3 Å². The molecular formula is C18H19FO3. The highest BCUT2D eigenvalue weighted by Gasteiger charge is 2.23. The van der Waals surface area contributed by atoms with Crippen LogP contribution in [0.4, 0.5) is 4.39 Å². The Morgan fingerprint density at radius 3 is 2.73 bits per heavy atom. The van der Waals surface area contributed by atoms with Crippen molar-refractivity contribution in [1.82, 2.24) is 0 Å². The van der Waals surface area contributed by atoms with Crippen molar-refractivity contribution in [3.8, 4) is 11.5 Å². The van der Waals surface area contributed by atoms with Crippen LogP contribution in [0.5, 0.6) is 11.5 Å². The Morgan fingerprint density at radius 2 is 1.95 bits per heavy atom. The van der Waals surface area contributed by atoms with Gasteiger partial charge in [-0.25, -0.2) is 4.39 Å². The second-order valence-electron chi connectivity index (χ2n) is 5.62. The van der Waals surface area contributed by atoms with Gasteiger partial charge in [-0.2, -0.15) is 0 Å². The molecule has 2 aromatic carbocycles. The largest absolute Gasteiger partial charge is 0.489 e. The van der Waals surface area contributed by atoms with Gasteiger partial charge in [0.1, 0.15) is 23.9 Å². The van der Waals surface area contributed by atoms with Gasteiger partial charge in [0.2, 0.25) is 0 Å². The molecule has 1 heterocycles. The van der Waals surface area contributed by atoms with Crippen molar-refractivity contribution in [1.29, 1.82) is 0 Å². The van der Waals surface area contributed by atoms with E-state index in [1.165, 1.54) is 12.1 Å². The van der Waals surface area contributed by atoms with Crippen LogP contribution in [0.15, 0.2) is 48.5 Å². The molecule has 3 rings (SSSR count). The Balaban J connectivity index is 1.59. The van der Waals surface area contributed by atoms with Gasteiger partial charge in [-0.1, -0.05) is 25.1 Å². The molecule has 1 aliphatic heterocycles. The molecule has 2 atom stereocenters. The molecular weight excluding hydrogens is 283 g/mol. The summed E-state index contributed by atoms with van der Waals surface area (Å²) in [5.41, 5.74) is 0.791. The molecule has 0 amide bonds. The molecule has 4 heteroatoms. The number of rotatable bonds is 5. The SMILES string of the molecule is C[C@H]1COC(Oc2cccc(OCc3cccc(F)c3)c2)C1. The van der Waals surface area contributed by atoms with E-state index in [2.05, 4.69) is 6.92 Å². The van der Waals surface area contributed by atoms with Crippen molar-refractivity contribution in [3.05, 3.63) is 59.9 Å². The molecule has 0 bridgehead atoms. The Hall–Kier alpha value is -2.07. The first kappa shape index (κ1) is 14.9. The molecule has 0 aliphatic carbocycles. The predicted octanol–water partition coefficient (Wildman–Crippen LogP) is 4.17. The number of benzene rings is 2. The van der Waals surface area contributed by atoms with Gasteiger partial charge in [0, 0.05) is 12.5 Å². The first-order chi connectivity index (χ1) is 10.7. The van der Waals surface area contributed by atoms with Crippen molar-refractivity contribution in [3.63, 3.8) is 0 Å². The summed E-state index contributed by atoms with van der Waals surface area (Å²) in [5.74, 6) is 1.67. The van der Waals surface area contributed by atoms with Gasteiger partial charge < -0.3 is 14.2 Å². The van der Waals surface area contributed by atoms with Gasteiger partial charge in [0.25, 0.3) is 0 Å². The lowest BCUT2D eigenvalue weighted by molar-refractivity contribution is -0.0394. The third-order valence-electron chi connectivity index (χ3n) is 3.53. The summed E-state index contributed by atoms with van der Waals surface area (Å²) in [6.45, 7) is 3.19. The van der Waals surface area contributed by atoms with Crippen LogP contribution in [0.2, 0.25) is 0 Å². The summed E-state index contributed by atoms with van der Waals surface area (Å²) >= 11 is 0. The predicted molar refractivity (Wildman–Crippen MR) is 81.3 cm³/mol. The molecule has 22 heavy (non-hydrogen) atoms. The zero-order valence-corrected chi connectivity index (χ0v) is 12.5. The van der Waals surface area contributed by atoms with Gasteiger partial charge >= 0.3 is 0 Å². The molecule has 0 spiro atoms. The van der Waals surface area contributed by atoms with Crippen LogP contribution in [-0.4, -0.2) is 12.9 Å². The molecule has 0 radical (unpaired) electrons. The van der Waals surface area contributed by atoms with E-state index in [9.17, 15) is 4.39 Å². The lowest BCUT2D eigenvalue weighted by Crippen LogP contribution is -2.14. The minimum atomic E-state index is -0.259. The molecule has 1 aliphatic rings. The first-order valence-corrected chi connectivity index (χ1v) is 7.44. The van der Waals surface area contributed by atoms with E-state index in [-0.39, 0.29) is 12.1 Å². The van der Waals surface area contributed by atoms with E-state index in [0.29, 0.717) is 18.3 Å². The first-order valence-electron chi connectivity index (χ1n) is 7.44. The highest BCUT2D eigenvalue weighted by atomic mass is 19.1. The molecule has 3 nitrogen and oxygen atoms in total. The molecule has 116 valence electrons. The Labute approximate surface area is 129 Å². The topological polar surface area (TPSA) is 27.7 Å². The standard InChI is InChI=1S/C18H19FO3/c1-13-8-18(21-11-13)22-17-7-3-6-16(10-17)20-12-14-4-2-5-15(19)9-14/h2-7,9-10,13,18H,8,11-12H2,1H3/t13-,18?/m1/s1. The van der Waals surface area contributed by atoms with Crippen molar-refractivity contribution in [2.24, 2.45) is 5.92 Å². The van der Waals surface area contributed by atoms with Crippen LogP contribution in [0.3, 0.4) is 0 Å². The van der Waals surface area contributed by atoms with E-state index in [1.54, 1.807) is 6.07 Å². The summed E-state index contributed by atoms with van der Waals surface area (Å²) in [6.07, 6.45) is 0.711. The highest BCUT2D eigenvalue weighted by molar-refractivity contribution is 5.33. The summed E-state index contributed by atoms with van der Waals surface area (Å²) < 4.78 is 30.2. The second-order valence-corrected chi connectivity index (χ2v) is 5.62. The maximum Gasteiger partial charge on any atom is 0.200 e. The van der Waals surface area contributed by atoms with Crippen LogP contribution in [0.25, 0.3) is 0 Å².